The number of aromatic nitrogens is 2. The van der Waals surface area contributed by atoms with Crippen LogP contribution in [-0.2, 0) is 22.7 Å². The first-order chi connectivity index (χ1) is 14.0. The number of hydrogen-bond acceptors (Lipinski definition) is 6. The van der Waals surface area contributed by atoms with E-state index in [9.17, 15) is 14.4 Å². The lowest BCUT2D eigenvalue weighted by atomic mass is 10.2. The van der Waals surface area contributed by atoms with Gasteiger partial charge in [0.25, 0.3) is 11.5 Å². The zero-order valence-corrected chi connectivity index (χ0v) is 15.8. The van der Waals surface area contributed by atoms with Gasteiger partial charge in [-0.3, -0.25) is 19.0 Å². The fourth-order valence-corrected chi connectivity index (χ4v) is 2.77. The molecule has 0 saturated carbocycles. The maximum Gasteiger partial charge on any atom is 0.269 e. The smallest absolute Gasteiger partial charge is 0.269 e. The zero-order valence-electron chi connectivity index (χ0n) is 15.8. The summed E-state index contributed by atoms with van der Waals surface area (Å²) in [5.41, 5.74) is 6.70. The summed E-state index contributed by atoms with van der Waals surface area (Å²) in [6.07, 6.45) is 1.20. The lowest BCUT2D eigenvalue weighted by Crippen LogP contribution is -2.32. The number of nitrogens with zero attached hydrogens (tertiary/aromatic N) is 2. The molecule has 0 spiro atoms. The molecule has 9 nitrogen and oxygen atoms in total. The van der Waals surface area contributed by atoms with Gasteiger partial charge in [0.15, 0.2) is 18.1 Å². The van der Waals surface area contributed by atoms with Crippen LogP contribution < -0.4 is 26.1 Å². The molecule has 0 aliphatic rings. The molecule has 0 unspecified atom stereocenters. The Balaban J connectivity index is 1.68. The van der Waals surface area contributed by atoms with Gasteiger partial charge in [0.1, 0.15) is 6.54 Å². The van der Waals surface area contributed by atoms with E-state index >= 15 is 0 Å². The van der Waals surface area contributed by atoms with Crippen LogP contribution >= 0.6 is 0 Å². The monoisotopic (exact) mass is 396 g/mol. The van der Waals surface area contributed by atoms with Crippen molar-refractivity contribution in [3.05, 3.63) is 64.6 Å². The number of para-hydroxylation sites is 2. The number of carbonyl (C=O) groups is 2. The fraction of sp³-hybridized carbons (Fsp3) is 0.200. The Morgan fingerprint density at radius 1 is 1.17 bits per heavy atom. The van der Waals surface area contributed by atoms with Crippen molar-refractivity contribution in [3.8, 4) is 11.5 Å². The topological polar surface area (TPSA) is 126 Å². The van der Waals surface area contributed by atoms with Crippen LogP contribution in [0.2, 0.25) is 0 Å². The van der Waals surface area contributed by atoms with Crippen LogP contribution in [0.1, 0.15) is 5.56 Å². The Kier molecular flexibility index (Phi) is 6.08. The molecule has 29 heavy (non-hydrogen) atoms. The van der Waals surface area contributed by atoms with Crippen LogP contribution in [0, 0.1) is 0 Å². The van der Waals surface area contributed by atoms with Gasteiger partial charge in [0.2, 0.25) is 5.91 Å². The fourth-order valence-electron chi connectivity index (χ4n) is 2.77. The molecule has 3 N–H and O–H groups in total. The number of carbonyl (C=O) groups excluding carboxylic acids is 2. The highest BCUT2D eigenvalue weighted by Gasteiger charge is 2.11. The Hall–Kier alpha value is -3.88. The van der Waals surface area contributed by atoms with Crippen LogP contribution in [0.3, 0.4) is 0 Å². The first kappa shape index (κ1) is 19.9. The lowest BCUT2D eigenvalue weighted by Gasteiger charge is -2.12. The van der Waals surface area contributed by atoms with Gasteiger partial charge in [-0.25, -0.2) is 4.98 Å². The molecule has 0 radical (unpaired) electrons. The van der Waals surface area contributed by atoms with E-state index in [4.69, 9.17) is 15.2 Å². The first-order valence-corrected chi connectivity index (χ1v) is 8.77. The van der Waals surface area contributed by atoms with Crippen LogP contribution in [0.15, 0.2) is 53.5 Å². The van der Waals surface area contributed by atoms with Gasteiger partial charge in [-0.15, -0.1) is 0 Å². The van der Waals surface area contributed by atoms with Gasteiger partial charge < -0.3 is 20.5 Å². The molecule has 0 bridgehead atoms. The second kappa shape index (κ2) is 8.87. The molecular weight excluding hydrogens is 376 g/mol. The van der Waals surface area contributed by atoms with E-state index < -0.39 is 5.91 Å². The first-order valence-electron chi connectivity index (χ1n) is 8.77. The molecule has 150 valence electrons. The summed E-state index contributed by atoms with van der Waals surface area (Å²) in [6, 6.07) is 12.2. The molecule has 9 heteroatoms. The molecular formula is C20H20N4O5. The quantitative estimate of drug-likeness (QED) is 0.574. The minimum atomic E-state index is -0.595. The summed E-state index contributed by atoms with van der Waals surface area (Å²) in [5.74, 6) is -0.135. The number of nitrogens with one attached hydrogen (secondary N) is 1. The maximum atomic E-state index is 12.4. The molecule has 0 fully saturated rings. The molecule has 3 aromatic rings. The van der Waals surface area contributed by atoms with Crippen LogP contribution in [0.25, 0.3) is 11.0 Å². The number of nitrogens with two attached hydrogens (primary N) is 1. The summed E-state index contributed by atoms with van der Waals surface area (Å²) in [4.78, 5) is 39.4. The van der Waals surface area contributed by atoms with Gasteiger partial charge in [-0.05, 0) is 29.8 Å². The van der Waals surface area contributed by atoms with Crippen molar-refractivity contribution in [3.63, 3.8) is 0 Å². The Bertz CT molecular complexity index is 1110. The second-order valence-electron chi connectivity index (χ2n) is 6.19. The number of rotatable bonds is 8. The maximum absolute atomic E-state index is 12.4. The van der Waals surface area contributed by atoms with Crippen LogP contribution in [0.5, 0.6) is 11.5 Å². The summed E-state index contributed by atoms with van der Waals surface area (Å²) in [6.45, 7) is -0.164. The third-order valence-electron chi connectivity index (χ3n) is 4.14. The highest BCUT2D eigenvalue weighted by atomic mass is 16.5. The van der Waals surface area contributed by atoms with Crippen molar-refractivity contribution in [1.82, 2.24) is 14.9 Å². The summed E-state index contributed by atoms with van der Waals surface area (Å²) >= 11 is 0. The standard InChI is InChI=1S/C20H20N4O5/c1-28-17-8-13(6-7-16(17)29-12-18(21)25)9-23-19(26)11-24-15-5-3-2-4-14(15)22-10-20(24)27/h2-8,10H,9,11-12H2,1H3,(H2,21,25)(H,23,26). The Labute approximate surface area is 166 Å². The van der Waals surface area contributed by atoms with Crippen molar-refractivity contribution in [2.75, 3.05) is 13.7 Å². The highest BCUT2D eigenvalue weighted by Crippen LogP contribution is 2.28. The summed E-state index contributed by atoms with van der Waals surface area (Å²) in [5, 5.41) is 2.77. The average molecular weight is 396 g/mol. The zero-order chi connectivity index (χ0) is 20.8. The lowest BCUT2D eigenvalue weighted by molar-refractivity contribution is -0.122. The second-order valence-corrected chi connectivity index (χ2v) is 6.19. The predicted molar refractivity (Wildman–Crippen MR) is 106 cm³/mol. The molecule has 0 aliphatic heterocycles. The van der Waals surface area contributed by atoms with Gasteiger partial charge in [0, 0.05) is 6.54 Å². The van der Waals surface area contributed by atoms with Crippen molar-refractivity contribution < 1.29 is 19.1 Å². The average Bonchev–Trinajstić information content (AvgIpc) is 2.73. The normalized spacial score (nSPS) is 10.5. The van der Waals surface area contributed by atoms with E-state index in [2.05, 4.69) is 10.3 Å². The van der Waals surface area contributed by atoms with E-state index in [0.29, 0.717) is 22.5 Å². The SMILES string of the molecule is COc1cc(CNC(=O)Cn2c(=O)cnc3ccccc32)ccc1OCC(N)=O. The van der Waals surface area contributed by atoms with Crippen molar-refractivity contribution in [2.45, 2.75) is 13.1 Å². The van der Waals surface area contributed by atoms with Crippen molar-refractivity contribution >= 4 is 22.8 Å². The largest absolute Gasteiger partial charge is 0.493 e. The number of primary amides is 1. The number of amides is 2. The van der Waals surface area contributed by atoms with Gasteiger partial charge in [-0.1, -0.05) is 18.2 Å². The molecule has 0 saturated heterocycles. The van der Waals surface area contributed by atoms with Crippen LogP contribution in [-0.4, -0.2) is 35.1 Å². The molecule has 1 aromatic heterocycles. The van der Waals surface area contributed by atoms with Crippen LogP contribution in [0.4, 0.5) is 0 Å². The van der Waals surface area contributed by atoms with E-state index in [1.807, 2.05) is 6.07 Å². The number of hydrogen-bond donors (Lipinski definition) is 2. The Morgan fingerprint density at radius 2 is 1.97 bits per heavy atom. The van der Waals surface area contributed by atoms with E-state index in [-0.39, 0.29) is 31.2 Å². The number of fused-ring (bicyclic) bond motifs is 1. The van der Waals surface area contributed by atoms with E-state index in [1.165, 1.54) is 17.9 Å². The minimum absolute atomic E-state index is 0.126. The Morgan fingerprint density at radius 3 is 2.72 bits per heavy atom. The summed E-state index contributed by atoms with van der Waals surface area (Å²) < 4.78 is 11.9. The third-order valence-corrected chi connectivity index (χ3v) is 4.14. The minimum Gasteiger partial charge on any atom is -0.493 e. The molecule has 2 amide bonds. The van der Waals surface area contributed by atoms with Crippen molar-refractivity contribution in [2.24, 2.45) is 5.73 Å². The highest BCUT2D eigenvalue weighted by molar-refractivity contribution is 5.80. The predicted octanol–water partition coefficient (Wildman–Crippen LogP) is 0.586. The van der Waals surface area contributed by atoms with Gasteiger partial charge in [-0.2, -0.15) is 0 Å². The number of benzene rings is 2. The van der Waals surface area contributed by atoms with Gasteiger partial charge >= 0.3 is 0 Å². The number of ether oxygens (including phenoxy) is 2. The molecule has 0 aliphatic carbocycles. The summed E-state index contributed by atoms with van der Waals surface area (Å²) in [7, 11) is 1.47. The van der Waals surface area contributed by atoms with E-state index in [1.54, 1.807) is 36.4 Å². The van der Waals surface area contributed by atoms with E-state index in [0.717, 1.165) is 5.56 Å². The molecule has 0 atom stereocenters. The van der Waals surface area contributed by atoms with Crippen molar-refractivity contribution in [1.29, 1.82) is 0 Å². The number of methoxy groups -OCH3 is 1. The molecule has 2 aromatic carbocycles. The molecule has 1 heterocycles. The third kappa shape index (κ3) is 4.89. The van der Waals surface area contributed by atoms with Gasteiger partial charge in [0.05, 0.1) is 24.3 Å². The molecule has 3 rings (SSSR count).